The van der Waals surface area contributed by atoms with Crippen molar-refractivity contribution in [3.8, 4) is 0 Å². The van der Waals surface area contributed by atoms with Gasteiger partial charge in [-0.3, -0.25) is 4.79 Å². The molecule has 0 radical (unpaired) electrons. The van der Waals surface area contributed by atoms with Gasteiger partial charge >= 0.3 is 0 Å². The molecule has 92 valence electrons. The van der Waals surface area contributed by atoms with E-state index in [-0.39, 0.29) is 30.7 Å². The minimum atomic E-state index is -0.553. The molecule has 0 spiro atoms. The molecule has 1 heterocycles. The van der Waals surface area contributed by atoms with Crippen LogP contribution >= 0.6 is 36.2 Å². The van der Waals surface area contributed by atoms with Gasteiger partial charge in [0.2, 0.25) is 5.91 Å². The van der Waals surface area contributed by atoms with Crippen molar-refractivity contribution in [3.05, 3.63) is 16.6 Å². The van der Waals surface area contributed by atoms with Gasteiger partial charge in [0.25, 0.3) is 0 Å². The lowest BCUT2D eigenvalue weighted by Gasteiger charge is -2.08. The molecule has 1 fully saturated rings. The van der Waals surface area contributed by atoms with Gasteiger partial charge in [-0.15, -0.1) is 36.2 Å². The second kappa shape index (κ2) is 6.39. The van der Waals surface area contributed by atoms with E-state index in [1.165, 1.54) is 0 Å². The van der Waals surface area contributed by atoms with Gasteiger partial charge in [-0.2, -0.15) is 0 Å². The summed E-state index contributed by atoms with van der Waals surface area (Å²) in [6.07, 6.45) is 4.19. The van der Waals surface area contributed by atoms with Crippen LogP contribution in [0.15, 0.2) is 11.6 Å². The molecular formula is C9H15Cl2N3OS. The number of hydrogen-bond donors (Lipinski definition) is 2. The summed E-state index contributed by atoms with van der Waals surface area (Å²) in [7, 11) is 0. The maximum absolute atomic E-state index is 11.4. The first-order valence-electron chi connectivity index (χ1n) is 4.66. The summed E-state index contributed by atoms with van der Waals surface area (Å²) >= 11 is 1.60. The van der Waals surface area contributed by atoms with Gasteiger partial charge in [0.1, 0.15) is 0 Å². The van der Waals surface area contributed by atoms with Gasteiger partial charge < -0.3 is 11.1 Å². The molecule has 3 N–H and O–H groups in total. The minimum Gasteiger partial charge on any atom is -0.354 e. The van der Waals surface area contributed by atoms with Crippen molar-refractivity contribution in [3.63, 3.8) is 0 Å². The SMILES string of the molecule is Cl.Cl.NC1(C(=O)NCCc2nccs2)CC1. The van der Waals surface area contributed by atoms with Crippen LogP contribution in [0.5, 0.6) is 0 Å². The Labute approximate surface area is 111 Å². The molecule has 0 aromatic carbocycles. The molecule has 0 unspecified atom stereocenters. The van der Waals surface area contributed by atoms with E-state index in [4.69, 9.17) is 5.73 Å². The first-order chi connectivity index (χ1) is 6.71. The molecule has 4 nitrogen and oxygen atoms in total. The van der Waals surface area contributed by atoms with Crippen LogP contribution in [0.1, 0.15) is 17.8 Å². The van der Waals surface area contributed by atoms with E-state index in [0.29, 0.717) is 6.54 Å². The molecule has 0 aliphatic heterocycles. The monoisotopic (exact) mass is 283 g/mol. The van der Waals surface area contributed by atoms with Crippen molar-refractivity contribution in [2.75, 3.05) is 6.54 Å². The van der Waals surface area contributed by atoms with Gasteiger partial charge in [-0.25, -0.2) is 4.98 Å². The Morgan fingerprint density at radius 2 is 2.25 bits per heavy atom. The average molecular weight is 284 g/mol. The van der Waals surface area contributed by atoms with Gasteiger partial charge in [-0.1, -0.05) is 0 Å². The summed E-state index contributed by atoms with van der Waals surface area (Å²) in [5.41, 5.74) is 5.17. The normalized spacial score (nSPS) is 15.6. The molecule has 0 atom stereocenters. The van der Waals surface area contributed by atoms with Gasteiger partial charge in [0, 0.05) is 24.5 Å². The molecule has 1 amide bonds. The van der Waals surface area contributed by atoms with E-state index < -0.39 is 5.54 Å². The Balaban J connectivity index is 0.00000112. The van der Waals surface area contributed by atoms with Crippen LogP contribution in [0.4, 0.5) is 0 Å². The van der Waals surface area contributed by atoms with Crippen molar-refractivity contribution >= 4 is 42.1 Å². The third kappa shape index (κ3) is 3.90. The van der Waals surface area contributed by atoms with Crippen LogP contribution in [0, 0.1) is 0 Å². The molecule has 1 aromatic heterocycles. The molecule has 0 bridgehead atoms. The number of nitrogens with zero attached hydrogens (tertiary/aromatic N) is 1. The van der Waals surface area contributed by atoms with E-state index in [2.05, 4.69) is 10.3 Å². The summed E-state index contributed by atoms with van der Waals surface area (Å²) in [5, 5.41) is 5.81. The highest BCUT2D eigenvalue weighted by Crippen LogP contribution is 2.31. The lowest BCUT2D eigenvalue weighted by Crippen LogP contribution is -2.43. The van der Waals surface area contributed by atoms with Crippen LogP contribution in [-0.2, 0) is 11.2 Å². The Kier molecular flexibility index (Phi) is 6.25. The summed E-state index contributed by atoms with van der Waals surface area (Å²) in [6, 6.07) is 0. The van der Waals surface area contributed by atoms with Crippen LogP contribution in [0.3, 0.4) is 0 Å². The molecule has 0 saturated heterocycles. The second-order valence-corrected chi connectivity index (χ2v) is 4.57. The maximum atomic E-state index is 11.4. The summed E-state index contributed by atoms with van der Waals surface area (Å²) in [5.74, 6) is -0.0194. The highest BCUT2D eigenvalue weighted by Gasteiger charge is 2.45. The largest absolute Gasteiger partial charge is 0.354 e. The van der Waals surface area contributed by atoms with Crippen LogP contribution in [0.25, 0.3) is 0 Å². The smallest absolute Gasteiger partial charge is 0.240 e. The summed E-state index contributed by atoms with van der Waals surface area (Å²) in [4.78, 5) is 15.5. The quantitative estimate of drug-likeness (QED) is 0.871. The standard InChI is InChI=1S/C9H13N3OS.2ClH/c10-9(2-3-9)8(13)12-4-1-7-11-5-6-14-7;;/h5-6H,1-4,10H2,(H,12,13);2*1H. The van der Waals surface area contributed by atoms with Gasteiger partial charge in [-0.05, 0) is 12.8 Å². The van der Waals surface area contributed by atoms with Crippen molar-refractivity contribution in [2.45, 2.75) is 24.8 Å². The molecule has 1 saturated carbocycles. The number of nitrogens with two attached hydrogens (primary N) is 1. The number of carbonyl (C=O) groups is 1. The second-order valence-electron chi connectivity index (χ2n) is 3.59. The maximum Gasteiger partial charge on any atom is 0.240 e. The number of carbonyl (C=O) groups excluding carboxylic acids is 1. The van der Waals surface area contributed by atoms with Crippen LogP contribution < -0.4 is 11.1 Å². The third-order valence-electron chi connectivity index (χ3n) is 2.35. The Morgan fingerprint density at radius 3 is 2.75 bits per heavy atom. The molecule has 1 aliphatic rings. The fourth-order valence-corrected chi connectivity index (χ4v) is 1.82. The Bertz CT molecular complexity index is 328. The number of halogens is 2. The lowest BCUT2D eigenvalue weighted by atomic mass is 10.2. The van der Waals surface area contributed by atoms with Crippen molar-refractivity contribution in [1.29, 1.82) is 0 Å². The van der Waals surface area contributed by atoms with Gasteiger partial charge in [0.05, 0.1) is 10.5 Å². The number of amides is 1. The summed E-state index contributed by atoms with van der Waals surface area (Å²) in [6.45, 7) is 0.630. The molecule has 7 heteroatoms. The molecular weight excluding hydrogens is 269 g/mol. The van der Waals surface area contributed by atoms with E-state index in [1.54, 1.807) is 17.5 Å². The molecule has 1 aliphatic carbocycles. The fourth-order valence-electron chi connectivity index (χ4n) is 1.20. The van der Waals surface area contributed by atoms with Crippen molar-refractivity contribution < 1.29 is 4.79 Å². The minimum absolute atomic E-state index is 0. The zero-order valence-corrected chi connectivity index (χ0v) is 11.1. The highest BCUT2D eigenvalue weighted by molar-refractivity contribution is 7.09. The number of aromatic nitrogens is 1. The highest BCUT2D eigenvalue weighted by atomic mass is 35.5. The van der Waals surface area contributed by atoms with Gasteiger partial charge in [0.15, 0.2) is 0 Å². The predicted octanol–water partition coefficient (Wildman–Crippen LogP) is 1.14. The summed E-state index contributed by atoms with van der Waals surface area (Å²) < 4.78 is 0. The zero-order valence-electron chi connectivity index (χ0n) is 8.64. The van der Waals surface area contributed by atoms with E-state index in [0.717, 1.165) is 24.3 Å². The first-order valence-corrected chi connectivity index (χ1v) is 5.54. The van der Waals surface area contributed by atoms with Crippen molar-refractivity contribution in [2.24, 2.45) is 5.73 Å². The Hall–Kier alpha value is -0.360. The molecule has 16 heavy (non-hydrogen) atoms. The third-order valence-corrected chi connectivity index (χ3v) is 3.19. The van der Waals surface area contributed by atoms with E-state index >= 15 is 0 Å². The average Bonchev–Trinajstić information content (AvgIpc) is 2.73. The fraction of sp³-hybridized carbons (Fsp3) is 0.556. The first kappa shape index (κ1) is 15.6. The number of nitrogens with one attached hydrogen (secondary N) is 1. The predicted molar refractivity (Wildman–Crippen MR) is 69.5 cm³/mol. The van der Waals surface area contributed by atoms with E-state index in [1.807, 2.05) is 5.38 Å². The zero-order chi connectivity index (χ0) is 10.0. The lowest BCUT2D eigenvalue weighted by molar-refractivity contribution is -0.123. The number of hydrogen-bond acceptors (Lipinski definition) is 4. The van der Waals surface area contributed by atoms with E-state index in [9.17, 15) is 4.79 Å². The Morgan fingerprint density at radius 1 is 1.56 bits per heavy atom. The van der Waals surface area contributed by atoms with Crippen LogP contribution in [0.2, 0.25) is 0 Å². The molecule has 2 rings (SSSR count). The number of rotatable bonds is 4. The number of thiazole rings is 1. The van der Waals surface area contributed by atoms with Crippen LogP contribution in [-0.4, -0.2) is 23.0 Å². The van der Waals surface area contributed by atoms with Crippen molar-refractivity contribution in [1.82, 2.24) is 10.3 Å². The topological polar surface area (TPSA) is 68.0 Å². The molecule has 1 aromatic rings.